The van der Waals surface area contributed by atoms with Gasteiger partial charge in [0.2, 0.25) is 0 Å². The van der Waals surface area contributed by atoms with Crippen molar-refractivity contribution in [1.29, 1.82) is 0 Å². The van der Waals surface area contributed by atoms with Crippen LogP contribution in [0, 0.1) is 5.92 Å². The Bertz CT molecular complexity index is 186. The van der Waals surface area contributed by atoms with Crippen LogP contribution in [0.1, 0.15) is 39.0 Å². The number of nitrogens with one attached hydrogen (secondary N) is 1. The average Bonchev–Trinajstić information content (AvgIpc) is 2.26. The molecule has 1 saturated carbocycles. The largest absolute Gasteiger partial charge is 0.309 e. The Morgan fingerprint density at radius 3 is 2.64 bits per heavy atom. The van der Waals surface area contributed by atoms with Gasteiger partial charge in [-0.2, -0.15) is 0 Å². The molecule has 0 amide bonds. The molecule has 0 unspecified atom stereocenters. The van der Waals surface area contributed by atoms with Crippen molar-refractivity contribution in [3.05, 3.63) is 10.6 Å². The minimum Gasteiger partial charge on any atom is -0.309 e. The van der Waals surface area contributed by atoms with Gasteiger partial charge in [0.15, 0.2) is 0 Å². The van der Waals surface area contributed by atoms with E-state index in [9.17, 15) is 0 Å². The summed E-state index contributed by atoms with van der Waals surface area (Å²) in [4.78, 5) is 0. The molecule has 3 heteroatoms. The van der Waals surface area contributed by atoms with Crippen LogP contribution in [0.5, 0.6) is 0 Å². The molecule has 0 aliphatic heterocycles. The highest BCUT2D eigenvalue weighted by Gasteiger charge is 2.19. The van der Waals surface area contributed by atoms with Gasteiger partial charge in [0.25, 0.3) is 0 Å². The van der Waals surface area contributed by atoms with Crippen LogP contribution in [0.4, 0.5) is 0 Å². The van der Waals surface area contributed by atoms with Crippen molar-refractivity contribution in [1.82, 2.24) is 5.32 Å². The third kappa shape index (κ3) is 4.20. The molecule has 1 rings (SSSR count). The van der Waals surface area contributed by atoms with Crippen LogP contribution >= 0.6 is 23.2 Å². The molecule has 1 aliphatic carbocycles. The van der Waals surface area contributed by atoms with Crippen molar-refractivity contribution < 1.29 is 0 Å². The van der Waals surface area contributed by atoms with E-state index in [0.717, 1.165) is 5.92 Å². The SMILES string of the molecule is C[C@@H](NCC(Cl)=CCl)C1CCCCC1. The van der Waals surface area contributed by atoms with Crippen molar-refractivity contribution in [3.8, 4) is 0 Å². The Kier molecular flexibility index (Phi) is 5.92. The summed E-state index contributed by atoms with van der Waals surface area (Å²) < 4.78 is 0. The highest BCUT2D eigenvalue weighted by Crippen LogP contribution is 2.26. The van der Waals surface area contributed by atoms with Gasteiger partial charge in [-0.05, 0) is 25.7 Å². The first-order valence-electron chi connectivity index (χ1n) is 5.42. The fourth-order valence-corrected chi connectivity index (χ4v) is 2.25. The molecule has 14 heavy (non-hydrogen) atoms. The van der Waals surface area contributed by atoms with Crippen LogP contribution in [-0.4, -0.2) is 12.6 Å². The van der Waals surface area contributed by atoms with E-state index in [4.69, 9.17) is 23.2 Å². The van der Waals surface area contributed by atoms with E-state index < -0.39 is 0 Å². The summed E-state index contributed by atoms with van der Waals surface area (Å²) in [5.41, 5.74) is 1.43. The van der Waals surface area contributed by atoms with Crippen molar-refractivity contribution >= 4 is 23.2 Å². The summed E-state index contributed by atoms with van der Waals surface area (Å²) in [7, 11) is 0. The van der Waals surface area contributed by atoms with Crippen LogP contribution in [0.15, 0.2) is 10.6 Å². The second-order valence-electron chi connectivity index (χ2n) is 4.12. The summed E-state index contributed by atoms with van der Waals surface area (Å²) >= 11 is 11.3. The van der Waals surface area contributed by atoms with Crippen molar-refractivity contribution in [2.45, 2.75) is 45.1 Å². The predicted molar refractivity (Wildman–Crippen MR) is 63.8 cm³/mol. The Morgan fingerprint density at radius 2 is 2.07 bits per heavy atom. The second kappa shape index (κ2) is 6.71. The van der Waals surface area contributed by atoms with Gasteiger partial charge < -0.3 is 5.32 Å². The number of hydrogen-bond donors (Lipinski definition) is 1. The zero-order valence-corrected chi connectivity index (χ0v) is 10.2. The van der Waals surface area contributed by atoms with Crippen molar-refractivity contribution in [2.75, 3.05) is 6.54 Å². The fraction of sp³-hybridized carbons (Fsp3) is 0.818. The lowest BCUT2D eigenvalue weighted by Gasteiger charge is -2.28. The molecule has 0 aromatic heterocycles. The molecule has 0 radical (unpaired) electrons. The summed E-state index contributed by atoms with van der Waals surface area (Å²) in [6.07, 6.45) is 6.89. The van der Waals surface area contributed by atoms with Gasteiger partial charge in [-0.1, -0.05) is 42.5 Å². The lowest BCUT2D eigenvalue weighted by atomic mass is 9.84. The van der Waals surface area contributed by atoms with Gasteiger partial charge in [0, 0.05) is 23.2 Å². The van der Waals surface area contributed by atoms with Gasteiger partial charge in [0.05, 0.1) is 0 Å². The molecule has 0 spiro atoms. The zero-order chi connectivity index (χ0) is 10.4. The summed E-state index contributed by atoms with van der Waals surface area (Å²) in [6.45, 7) is 2.94. The minimum atomic E-state index is 0.556. The van der Waals surface area contributed by atoms with Crippen LogP contribution in [-0.2, 0) is 0 Å². The second-order valence-corrected chi connectivity index (χ2v) is 4.83. The molecule has 1 aliphatic rings. The molecule has 1 atom stereocenters. The first-order valence-corrected chi connectivity index (χ1v) is 6.23. The normalized spacial score (nSPS) is 22.4. The molecule has 0 bridgehead atoms. The van der Waals surface area contributed by atoms with Gasteiger partial charge in [0.1, 0.15) is 0 Å². The van der Waals surface area contributed by atoms with Crippen molar-refractivity contribution in [3.63, 3.8) is 0 Å². The van der Waals surface area contributed by atoms with Gasteiger partial charge in [-0.15, -0.1) is 0 Å². The summed E-state index contributed by atoms with van der Waals surface area (Å²) in [5, 5.41) is 4.11. The number of rotatable bonds is 4. The molecule has 0 heterocycles. The maximum atomic E-state index is 5.81. The molecule has 0 aromatic rings. The molecule has 82 valence electrons. The minimum absolute atomic E-state index is 0.556. The fourth-order valence-electron chi connectivity index (χ4n) is 2.10. The van der Waals surface area contributed by atoms with Crippen LogP contribution in [0.2, 0.25) is 0 Å². The Balaban J connectivity index is 2.22. The van der Waals surface area contributed by atoms with Crippen LogP contribution in [0.25, 0.3) is 0 Å². The van der Waals surface area contributed by atoms with Crippen molar-refractivity contribution in [2.24, 2.45) is 5.92 Å². The predicted octanol–water partition coefficient (Wildman–Crippen LogP) is 3.86. The van der Waals surface area contributed by atoms with Gasteiger partial charge in [-0.3, -0.25) is 0 Å². The van der Waals surface area contributed by atoms with Crippen LogP contribution in [0.3, 0.4) is 0 Å². The van der Waals surface area contributed by atoms with E-state index in [1.165, 1.54) is 37.6 Å². The highest BCUT2D eigenvalue weighted by molar-refractivity contribution is 6.36. The lowest BCUT2D eigenvalue weighted by molar-refractivity contribution is 0.286. The molecule has 0 aromatic carbocycles. The molecular weight excluding hydrogens is 217 g/mol. The Hall–Kier alpha value is 0.280. The standard InChI is InChI=1S/C11H19Cl2N/c1-9(14-8-11(13)7-12)10-5-3-2-4-6-10/h7,9-10,14H,2-6,8H2,1H3/t9-/m1/s1. The van der Waals surface area contributed by atoms with Gasteiger partial charge >= 0.3 is 0 Å². The summed E-state index contributed by atoms with van der Waals surface area (Å²) in [6, 6.07) is 0.556. The van der Waals surface area contributed by atoms with E-state index >= 15 is 0 Å². The zero-order valence-electron chi connectivity index (χ0n) is 8.73. The van der Waals surface area contributed by atoms with Gasteiger partial charge in [-0.25, -0.2) is 0 Å². The van der Waals surface area contributed by atoms with E-state index in [0.29, 0.717) is 17.6 Å². The van der Waals surface area contributed by atoms with Crippen LogP contribution < -0.4 is 5.32 Å². The molecular formula is C11H19Cl2N. The molecule has 0 saturated heterocycles. The summed E-state index contributed by atoms with van der Waals surface area (Å²) in [5.74, 6) is 0.823. The van der Waals surface area contributed by atoms with E-state index in [2.05, 4.69) is 12.2 Å². The molecule has 1 fully saturated rings. The Morgan fingerprint density at radius 1 is 1.43 bits per heavy atom. The Labute approximate surface area is 96.8 Å². The first kappa shape index (κ1) is 12.4. The smallest absolute Gasteiger partial charge is 0.0431 e. The monoisotopic (exact) mass is 235 g/mol. The number of hydrogen-bond acceptors (Lipinski definition) is 1. The quantitative estimate of drug-likeness (QED) is 0.781. The molecule has 1 nitrogen and oxygen atoms in total. The molecule has 1 N–H and O–H groups in total. The lowest BCUT2D eigenvalue weighted by Crippen LogP contribution is -2.35. The maximum absolute atomic E-state index is 5.81. The topological polar surface area (TPSA) is 12.0 Å². The average molecular weight is 236 g/mol. The highest BCUT2D eigenvalue weighted by atomic mass is 35.5. The van der Waals surface area contributed by atoms with E-state index in [1.54, 1.807) is 0 Å². The third-order valence-electron chi connectivity index (χ3n) is 3.07. The van der Waals surface area contributed by atoms with E-state index in [-0.39, 0.29) is 0 Å². The van der Waals surface area contributed by atoms with E-state index in [1.807, 2.05) is 0 Å². The third-order valence-corrected chi connectivity index (χ3v) is 3.69. The number of halogens is 2. The first-order chi connectivity index (χ1) is 6.74. The maximum Gasteiger partial charge on any atom is 0.0431 e.